The molecule has 1 aliphatic carbocycles. The second kappa shape index (κ2) is 6.23. The van der Waals surface area contributed by atoms with Crippen molar-refractivity contribution in [1.29, 1.82) is 0 Å². The van der Waals surface area contributed by atoms with Crippen molar-refractivity contribution in [3.05, 3.63) is 0 Å². The minimum absolute atomic E-state index is 0.145. The van der Waals surface area contributed by atoms with Crippen LogP contribution >= 0.6 is 0 Å². The molecule has 0 aromatic heterocycles. The highest BCUT2D eigenvalue weighted by Gasteiger charge is 2.57. The van der Waals surface area contributed by atoms with Crippen LogP contribution in [0.4, 0.5) is 0 Å². The molecule has 2 aliphatic rings. The van der Waals surface area contributed by atoms with Gasteiger partial charge in [-0.3, -0.25) is 4.79 Å². The Morgan fingerprint density at radius 3 is 2.68 bits per heavy atom. The summed E-state index contributed by atoms with van der Waals surface area (Å²) in [6, 6.07) is 0.145. The van der Waals surface area contributed by atoms with Gasteiger partial charge in [0, 0.05) is 12.5 Å². The van der Waals surface area contributed by atoms with E-state index in [1.165, 1.54) is 0 Å². The third-order valence-electron chi connectivity index (χ3n) is 4.74. The van der Waals surface area contributed by atoms with Gasteiger partial charge in [-0.15, -0.1) is 0 Å². The SMILES string of the molecule is CCOCC(NC(=O)C1CC12CCNCC2)C(C)C. The van der Waals surface area contributed by atoms with Crippen LogP contribution in [-0.4, -0.2) is 38.3 Å². The Bertz CT molecular complexity index is 311. The van der Waals surface area contributed by atoms with Gasteiger partial charge in [0.1, 0.15) is 0 Å². The van der Waals surface area contributed by atoms with Crippen LogP contribution in [-0.2, 0) is 9.53 Å². The summed E-state index contributed by atoms with van der Waals surface area (Å²) in [5.74, 6) is 0.913. The van der Waals surface area contributed by atoms with E-state index in [-0.39, 0.29) is 17.9 Å². The lowest BCUT2D eigenvalue weighted by Crippen LogP contribution is -2.44. The van der Waals surface area contributed by atoms with Crippen LogP contribution in [0, 0.1) is 17.3 Å². The Morgan fingerprint density at radius 2 is 2.11 bits per heavy atom. The van der Waals surface area contributed by atoms with E-state index in [0.717, 1.165) is 32.4 Å². The number of piperidine rings is 1. The van der Waals surface area contributed by atoms with Gasteiger partial charge in [0.25, 0.3) is 0 Å². The zero-order valence-electron chi connectivity index (χ0n) is 12.5. The average molecular weight is 268 g/mol. The molecule has 1 saturated heterocycles. The average Bonchev–Trinajstić information content (AvgIpc) is 3.08. The first-order valence-corrected chi connectivity index (χ1v) is 7.68. The Balaban J connectivity index is 1.83. The molecule has 0 bridgehead atoms. The molecule has 4 heteroatoms. The number of hydrogen-bond donors (Lipinski definition) is 2. The molecule has 2 unspecified atom stereocenters. The summed E-state index contributed by atoms with van der Waals surface area (Å²) in [6.45, 7) is 9.73. The molecule has 0 aromatic carbocycles. The summed E-state index contributed by atoms with van der Waals surface area (Å²) in [7, 11) is 0. The number of rotatable bonds is 6. The van der Waals surface area contributed by atoms with Gasteiger partial charge in [0.2, 0.25) is 5.91 Å². The van der Waals surface area contributed by atoms with Crippen LogP contribution in [0.25, 0.3) is 0 Å². The molecule has 1 amide bonds. The highest BCUT2D eigenvalue weighted by Crippen LogP contribution is 2.58. The molecule has 0 radical (unpaired) electrons. The number of ether oxygens (including phenoxy) is 1. The maximum Gasteiger partial charge on any atom is 0.223 e. The van der Waals surface area contributed by atoms with E-state index < -0.39 is 0 Å². The highest BCUT2D eigenvalue weighted by molar-refractivity contribution is 5.82. The van der Waals surface area contributed by atoms with Crippen molar-refractivity contribution in [2.45, 2.75) is 46.1 Å². The molecule has 2 atom stereocenters. The molecular formula is C15H28N2O2. The Kier molecular flexibility index (Phi) is 4.85. The number of amides is 1. The minimum Gasteiger partial charge on any atom is -0.380 e. The van der Waals surface area contributed by atoms with E-state index in [9.17, 15) is 4.79 Å². The van der Waals surface area contributed by atoms with Crippen LogP contribution in [0.1, 0.15) is 40.0 Å². The predicted molar refractivity (Wildman–Crippen MR) is 75.9 cm³/mol. The number of carbonyl (C=O) groups is 1. The molecular weight excluding hydrogens is 240 g/mol. The quantitative estimate of drug-likeness (QED) is 0.768. The Labute approximate surface area is 116 Å². The molecule has 1 spiro atoms. The topological polar surface area (TPSA) is 50.4 Å². The fraction of sp³-hybridized carbons (Fsp3) is 0.933. The van der Waals surface area contributed by atoms with Gasteiger partial charge in [-0.1, -0.05) is 13.8 Å². The van der Waals surface area contributed by atoms with E-state index in [1.54, 1.807) is 0 Å². The first-order valence-electron chi connectivity index (χ1n) is 7.68. The molecule has 19 heavy (non-hydrogen) atoms. The van der Waals surface area contributed by atoms with Gasteiger partial charge < -0.3 is 15.4 Å². The maximum atomic E-state index is 12.4. The van der Waals surface area contributed by atoms with Gasteiger partial charge >= 0.3 is 0 Å². The first kappa shape index (κ1) is 14.8. The van der Waals surface area contributed by atoms with Crippen molar-refractivity contribution in [1.82, 2.24) is 10.6 Å². The van der Waals surface area contributed by atoms with Gasteiger partial charge in [0.05, 0.1) is 12.6 Å². The summed E-state index contributed by atoms with van der Waals surface area (Å²) in [4.78, 5) is 12.4. The first-order chi connectivity index (χ1) is 9.09. The lowest BCUT2D eigenvalue weighted by atomic mass is 9.91. The minimum atomic E-state index is 0.145. The maximum absolute atomic E-state index is 12.4. The van der Waals surface area contributed by atoms with Crippen molar-refractivity contribution in [2.24, 2.45) is 17.3 Å². The normalized spacial score (nSPS) is 26.4. The number of hydrogen-bond acceptors (Lipinski definition) is 3. The summed E-state index contributed by atoms with van der Waals surface area (Å²) in [5.41, 5.74) is 0.322. The van der Waals surface area contributed by atoms with E-state index >= 15 is 0 Å². The third-order valence-corrected chi connectivity index (χ3v) is 4.74. The van der Waals surface area contributed by atoms with E-state index in [1.807, 2.05) is 6.92 Å². The summed E-state index contributed by atoms with van der Waals surface area (Å²) >= 11 is 0. The Hall–Kier alpha value is -0.610. The van der Waals surface area contributed by atoms with Crippen LogP contribution < -0.4 is 10.6 Å². The van der Waals surface area contributed by atoms with Gasteiger partial charge in [0.15, 0.2) is 0 Å². The van der Waals surface area contributed by atoms with Crippen LogP contribution in [0.3, 0.4) is 0 Å². The zero-order valence-corrected chi connectivity index (χ0v) is 12.5. The molecule has 2 rings (SSSR count). The van der Waals surface area contributed by atoms with Crippen molar-refractivity contribution in [3.8, 4) is 0 Å². The van der Waals surface area contributed by atoms with Gasteiger partial charge in [-0.05, 0) is 50.6 Å². The van der Waals surface area contributed by atoms with Crippen LogP contribution in [0.2, 0.25) is 0 Å². The smallest absolute Gasteiger partial charge is 0.223 e. The fourth-order valence-electron chi connectivity index (χ4n) is 3.12. The molecule has 2 fully saturated rings. The molecule has 1 saturated carbocycles. The summed E-state index contributed by atoms with van der Waals surface area (Å²) in [6.07, 6.45) is 3.39. The molecule has 1 aliphatic heterocycles. The van der Waals surface area contributed by atoms with E-state index in [0.29, 0.717) is 24.5 Å². The van der Waals surface area contributed by atoms with Crippen molar-refractivity contribution in [2.75, 3.05) is 26.3 Å². The van der Waals surface area contributed by atoms with Crippen molar-refractivity contribution < 1.29 is 9.53 Å². The predicted octanol–water partition coefficient (Wildman–Crippen LogP) is 1.55. The third kappa shape index (κ3) is 3.48. The van der Waals surface area contributed by atoms with E-state index in [4.69, 9.17) is 4.74 Å². The highest BCUT2D eigenvalue weighted by atomic mass is 16.5. The zero-order chi connectivity index (χ0) is 13.9. The molecule has 4 nitrogen and oxygen atoms in total. The van der Waals surface area contributed by atoms with Crippen LogP contribution in [0.15, 0.2) is 0 Å². The summed E-state index contributed by atoms with van der Waals surface area (Å²) in [5, 5.41) is 6.58. The monoisotopic (exact) mass is 268 g/mol. The molecule has 1 heterocycles. The molecule has 110 valence electrons. The summed E-state index contributed by atoms with van der Waals surface area (Å²) < 4.78 is 5.47. The van der Waals surface area contributed by atoms with Gasteiger partial charge in [-0.25, -0.2) is 0 Å². The standard InChI is InChI=1S/C15H28N2O2/c1-4-19-10-13(11(2)3)17-14(18)12-9-15(12)5-7-16-8-6-15/h11-13,16H,4-10H2,1-3H3,(H,17,18). The van der Waals surface area contributed by atoms with Crippen molar-refractivity contribution in [3.63, 3.8) is 0 Å². The van der Waals surface area contributed by atoms with Gasteiger partial charge in [-0.2, -0.15) is 0 Å². The lowest BCUT2D eigenvalue weighted by molar-refractivity contribution is -0.124. The number of nitrogens with one attached hydrogen (secondary N) is 2. The van der Waals surface area contributed by atoms with Crippen LogP contribution in [0.5, 0.6) is 0 Å². The fourth-order valence-corrected chi connectivity index (χ4v) is 3.12. The number of carbonyl (C=O) groups excluding carboxylic acids is 1. The molecule has 2 N–H and O–H groups in total. The molecule has 0 aromatic rings. The van der Waals surface area contributed by atoms with E-state index in [2.05, 4.69) is 24.5 Å². The largest absolute Gasteiger partial charge is 0.380 e. The Morgan fingerprint density at radius 1 is 1.42 bits per heavy atom. The second-order valence-corrected chi connectivity index (χ2v) is 6.39. The lowest BCUT2D eigenvalue weighted by Gasteiger charge is -2.25. The van der Waals surface area contributed by atoms with Crippen molar-refractivity contribution >= 4 is 5.91 Å². The second-order valence-electron chi connectivity index (χ2n) is 6.39.